The number of rotatable bonds is 10. The molecule has 0 unspecified atom stereocenters. The predicted octanol–water partition coefficient (Wildman–Crippen LogP) is 1.80. The molecule has 0 aliphatic carbocycles. The number of anilines is 1. The van der Waals surface area contributed by atoms with Crippen molar-refractivity contribution in [2.75, 3.05) is 66.4 Å². The third-order valence-corrected chi connectivity index (χ3v) is 3.56. The van der Waals surface area contributed by atoms with Gasteiger partial charge in [0.15, 0.2) is 0 Å². The molecule has 1 N–H and O–H groups in total. The number of nitrogens with zero attached hydrogens (tertiary/aromatic N) is 2. The number of methoxy groups -OCH3 is 2. The van der Waals surface area contributed by atoms with E-state index >= 15 is 0 Å². The maximum Gasteiger partial charge on any atom is 0.241 e. The molecule has 0 saturated carbocycles. The second-order valence-electron chi connectivity index (χ2n) is 5.38. The zero-order valence-corrected chi connectivity index (χ0v) is 15.0. The third-order valence-electron chi connectivity index (χ3n) is 3.33. The molecule has 7 heteroatoms. The van der Waals surface area contributed by atoms with Gasteiger partial charge in [-0.3, -0.25) is 4.79 Å². The molecule has 0 aromatic heterocycles. The van der Waals surface area contributed by atoms with Gasteiger partial charge in [0.25, 0.3) is 0 Å². The minimum Gasteiger partial charge on any atom is -0.495 e. The molecule has 130 valence electrons. The highest BCUT2D eigenvalue weighted by molar-refractivity contribution is 6.30. The fraction of sp³-hybridized carbons (Fsp3) is 0.562. The van der Waals surface area contributed by atoms with Crippen molar-refractivity contribution in [1.29, 1.82) is 0 Å². The summed E-state index contributed by atoms with van der Waals surface area (Å²) < 4.78 is 10.3. The molecule has 0 heterocycles. The lowest BCUT2D eigenvalue weighted by molar-refractivity contribution is -0.130. The monoisotopic (exact) mass is 343 g/mol. The number of hydrogen-bond acceptors (Lipinski definition) is 5. The SMILES string of the molecule is COCCN(CCN(C)C)C(=O)CNc1cc(Cl)ccc1OC. The van der Waals surface area contributed by atoms with E-state index in [2.05, 4.69) is 5.32 Å². The molecule has 0 fully saturated rings. The zero-order chi connectivity index (χ0) is 17.2. The van der Waals surface area contributed by atoms with Crippen LogP contribution in [0.25, 0.3) is 0 Å². The number of amides is 1. The maximum absolute atomic E-state index is 12.4. The zero-order valence-electron chi connectivity index (χ0n) is 14.3. The first-order valence-corrected chi connectivity index (χ1v) is 7.84. The van der Waals surface area contributed by atoms with Gasteiger partial charge in [0.1, 0.15) is 5.75 Å². The molecule has 23 heavy (non-hydrogen) atoms. The molecule has 0 saturated heterocycles. The Morgan fingerprint density at radius 1 is 1.22 bits per heavy atom. The Labute approximate surface area is 143 Å². The summed E-state index contributed by atoms with van der Waals surface area (Å²) in [5.41, 5.74) is 0.702. The number of hydrogen-bond donors (Lipinski definition) is 1. The topological polar surface area (TPSA) is 54.0 Å². The number of carbonyl (C=O) groups excluding carboxylic acids is 1. The Balaban J connectivity index is 2.65. The van der Waals surface area contributed by atoms with Gasteiger partial charge in [0.2, 0.25) is 5.91 Å². The van der Waals surface area contributed by atoms with Gasteiger partial charge in [0.05, 0.1) is 25.9 Å². The van der Waals surface area contributed by atoms with E-state index in [0.29, 0.717) is 36.2 Å². The number of likely N-dealkylation sites (N-methyl/N-ethyl adjacent to an activating group) is 1. The van der Waals surface area contributed by atoms with E-state index in [-0.39, 0.29) is 12.5 Å². The van der Waals surface area contributed by atoms with Gasteiger partial charge in [-0.15, -0.1) is 0 Å². The Morgan fingerprint density at radius 3 is 2.57 bits per heavy atom. The van der Waals surface area contributed by atoms with Crippen LogP contribution in [0, 0.1) is 0 Å². The lowest BCUT2D eigenvalue weighted by Gasteiger charge is -2.24. The van der Waals surface area contributed by atoms with Crippen molar-refractivity contribution in [3.63, 3.8) is 0 Å². The Morgan fingerprint density at radius 2 is 1.96 bits per heavy atom. The molecule has 1 aromatic rings. The van der Waals surface area contributed by atoms with Crippen LogP contribution in [0.15, 0.2) is 18.2 Å². The number of ether oxygens (including phenoxy) is 2. The van der Waals surface area contributed by atoms with Gasteiger partial charge in [-0.05, 0) is 32.3 Å². The highest BCUT2D eigenvalue weighted by atomic mass is 35.5. The molecular weight excluding hydrogens is 318 g/mol. The quantitative estimate of drug-likeness (QED) is 0.702. The van der Waals surface area contributed by atoms with Gasteiger partial charge < -0.3 is 24.6 Å². The number of nitrogens with one attached hydrogen (secondary N) is 1. The molecular formula is C16H26ClN3O3. The van der Waals surface area contributed by atoms with E-state index in [0.717, 1.165) is 6.54 Å². The fourth-order valence-electron chi connectivity index (χ4n) is 1.98. The van der Waals surface area contributed by atoms with Crippen molar-refractivity contribution in [2.24, 2.45) is 0 Å². The first-order chi connectivity index (χ1) is 11.0. The number of carbonyl (C=O) groups is 1. The summed E-state index contributed by atoms with van der Waals surface area (Å²) in [7, 11) is 7.17. The van der Waals surface area contributed by atoms with Crippen LogP contribution in [0.5, 0.6) is 5.75 Å². The summed E-state index contributed by atoms with van der Waals surface area (Å²) in [5.74, 6) is 0.657. The Kier molecular flexibility index (Phi) is 8.76. The van der Waals surface area contributed by atoms with Crippen LogP contribution >= 0.6 is 11.6 Å². The molecule has 6 nitrogen and oxygen atoms in total. The van der Waals surface area contributed by atoms with Gasteiger partial charge in [-0.25, -0.2) is 0 Å². The maximum atomic E-state index is 12.4. The fourth-order valence-corrected chi connectivity index (χ4v) is 2.16. The standard InChI is InChI=1S/C16H26ClN3O3/c1-19(2)7-8-20(9-10-22-3)16(21)12-18-14-11-13(17)5-6-15(14)23-4/h5-6,11,18H,7-10,12H2,1-4H3. The minimum absolute atomic E-state index is 0.00549. The van der Waals surface area contributed by atoms with Crippen molar-refractivity contribution < 1.29 is 14.3 Å². The summed E-state index contributed by atoms with van der Waals surface area (Å²) in [6.07, 6.45) is 0. The Hall–Kier alpha value is -1.50. The van der Waals surface area contributed by atoms with Crippen LogP contribution in [0.1, 0.15) is 0 Å². The highest BCUT2D eigenvalue weighted by Crippen LogP contribution is 2.27. The minimum atomic E-state index is 0.00549. The van der Waals surface area contributed by atoms with Gasteiger partial charge in [-0.2, -0.15) is 0 Å². The largest absolute Gasteiger partial charge is 0.495 e. The van der Waals surface area contributed by atoms with Crippen LogP contribution in [-0.2, 0) is 9.53 Å². The van der Waals surface area contributed by atoms with E-state index in [1.165, 1.54) is 0 Å². The average Bonchev–Trinajstić information content (AvgIpc) is 2.52. The van der Waals surface area contributed by atoms with Crippen LogP contribution in [0.4, 0.5) is 5.69 Å². The average molecular weight is 344 g/mol. The molecule has 0 radical (unpaired) electrons. The lowest BCUT2D eigenvalue weighted by Crippen LogP contribution is -2.41. The van der Waals surface area contributed by atoms with E-state index in [1.54, 1.807) is 37.3 Å². The van der Waals surface area contributed by atoms with Gasteiger partial charge in [-0.1, -0.05) is 11.6 Å². The van der Waals surface area contributed by atoms with Crippen LogP contribution < -0.4 is 10.1 Å². The normalized spacial score (nSPS) is 10.7. The summed E-state index contributed by atoms with van der Waals surface area (Å²) in [6.45, 7) is 2.71. The van der Waals surface area contributed by atoms with E-state index in [1.807, 2.05) is 19.0 Å². The van der Waals surface area contributed by atoms with E-state index in [4.69, 9.17) is 21.1 Å². The molecule has 0 atom stereocenters. The number of halogens is 1. The van der Waals surface area contributed by atoms with Crippen molar-refractivity contribution in [2.45, 2.75) is 0 Å². The second-order valence-corrected chi connectivity index (χ2v) is 5.81. The molecule has 0 aliphatic heterocycles. The Bertz CT molecular complexity index is 497. The van der Waals surface area contributed by atoms with Crippen molar-refractivity contribution in [1.82, 2.24) is 9.80 Å². The lowest BCUT2D eigenvalue weighted by atomic mass is 10.3. The summed E-state index contributed by atoms with van der Waals surface area (Å²) >= 11 is 5.99. The first kappa shape index (κ1) is 19.5. The van der Waals surface area contributed by atoms with Crippen LogP contribution in [-0.4, -0.2) is 76.8 Å². The van der Waals surface area contributed by atoms with Crippen molar-refractivity contribution in [3.8, 4) is 5.75 Å². The molecule has 1 aromatic carbocycles. The molecule has 1 rings (SSSR count). The third kappa shape index (κ3) is 7.07. The van der Waals surface area contributed by atoms with Gasteiger partial charge >= 0.3 is 0 Å². The molecule has 0 bridgehead atoms. The smallest absolute Gasteiger partial charge is 0.241 e. The summed E-state index contributed by atoms with van der Waals surface area (Å²) in [4.78, 5) is 16.3. The van der Waals surface area contributed by atoms with E-state index < -0.39 is 0 Å². The second kappa shape index (κ2) is 10.3. The van der Waals surface area contributed by atoms with E-state index in [9.17, 15) is 4.79 Å². The van der Waals surface area contributed by atoms with Gasteiger partial charge in [0, 0.05) is 31.8 Å². The summed E-state index contributed by atoms with van der Waals surface area (Å²) in [5, 5.41) is 3.68. The van der Waals surface area contributed by atoms with Crippen LogP contribution in [0.3, 0.4) is 0 Å². The van der Waals surface area contributed by atoms with Crippen LogP contribution in [0.2, 0.25) is 5.02 Å². The predicted molar refractivity (Wildman–Crippen MR) is 93.5 cm³/mol. The number of benzene rings is 1. The molecule has 0 aliphatic rings. The summed E-state index contributed by atoms with van der Waals surface area (Å²) in [6, 6.07) is 5.26. The molecule has 1 amide bonds. The first-order valence-electron chi connectivity index (χ1n) is 7.46. The highest BCUT2D eigenvalue weighted by Gasteiger charge is 2.14. The molecule has 0 spiro atoms. The van der Waals surface area contributed by atoms with Crippen molar-refractivity contribution >= 4 is 23.2 Å². The van der Waals surface area contributed by atoms with Crippen molar-refractivity contribution in [3.05, 3.63) is 23.2 Å².